The Kier molecular flexibility index (Phi) is 3.66. The fourth-order valence-corrected chi connectivity index (χ4v) is 3.68. The zero-order valence-corrected chi connectivity index (χ0v) is 10.8. The molecule has 0 radical (unpaired) electrons. The van der Waals surface area contributed by atoms with E-state index in [1.807, 2.05) is 11.8 Å². The molecule has 1 aromatic heterocycles. The van der Waals surface area contributed by atoms with Gasteiger partial charge in [-0.05, 0) is 43.7 Å². The van der Waals surface area contributed by atoms with Crippen LogP contribution in [0.2, 0.25) is 0 Å². The van der Waals surface area contributed by atoms with Crippen molar-refractivity contribution in [2.75, 3.05) is 18.1 Å². The van der Waals surface area contributed by atoms with Crippen LogP contribution in [0.25, 0.3) is 0 Å². The lowest BCUT2D eigenvalue weighted by molar-refractivity contribution is 0.330. The van der Waals surface area contributed by atoms with Gasteiger partial charge in [-0.2, -0.15) is 16.7 Å². The Hall–Kier alpha value is -0.550. The van der Waals surface area contributed by atoms with Crippen molar-refractivity contribution in [1.82, 2.24) is 15.5 Å². The van der Waals surface area contributed by atoms with Crippen molar-refractivity contribution in [3.8, 4) is 0 Å². The fourth-order valence-electron chi connectivity index (χ4n) is 2.57. The molecule has 3 rings (SSSR count). The van der Waals surface area contributed by atoms with Crippen LogP contribution in [0.4, 0.5) is 0 Å². The molecule has 0 aromatic carbocycles. The summed E-state index contributed by atoms with van der Waals surface area (Å²) in [5, 5.41) is 7.62. The second-order valence-electron chi connectivity index (χ2n) is 4.88. The normalized spacial score (nSPS) is 27.2. The summed E-state index contributed by atoms with van der Waals surface area (Å²) in [7, 11) is 0. The molecule has 4 nitrogen and oxygen atoms in total. The van der Waals surface area contributed by atoms with Crippen LogP contribution in [-0.4, -0.2) is 28.2 Å². The van der Waals surface area contributed by atoms with Gasteiger partial charge in [0.1, 0.15) is 0 Å². The molecule has 0 spiro atoms. The molecule has 3 heterocycles. The first-order chi connectivity index (χ1) is 8.43. The smallest absolute Gasteiger partial charge is 0.229 e. The third-order valence-electron chi connectivity index (χ3n) is 3.65. The molecule has 0 amide bonds. The van der Waals surface area contributed by atoms with Crippen molar-refractivity contribution in [3.63, 3.8) is 0 Å². The number of piperidine rings is 1. The van der Waals surface area contributed by atoms with E-state index in [-0.39, 0.29) is 0 Å². The molecule has 1 aromatic rings. The van der Waals surface area contributed by atoms with Gasteiger partial charge in [0.25, 0.3) is 0 Å². The predicted molar refractivity (Wildman–Crippen MR) is 68.2 cm³/mol. The van der Waals surface area contributed by atoms with Crippen molar-refractivity contribution >= 4 is 11.8 Å². The number of rotatable bonds is 2. The van der Waals surface area contributed by atoms with Gasteiger partial charge < -0.3 is 9.84 Å². The maximum Gasteiger partial charge on any atom is 0.229 e. The molecule has 0 saturated carbocycles. The van der Waals surface area contributed by atoms with Crippen LogP contribution in [0.15, 0.2) is 4.52 Å². The van der Waals surface area contributed by atoms with Gasteiger partial charge in [0.2, 0.25) is 5.89 Å². The Morgan fingerprint density at radius 1 is 1.18 bits per heavy atom. The lowest BCUT2D eigenvalue weighted by Crippen LogP contribution is -2.27. The SMILES string of the molecule is C1CCC(c2noc(C3CCSCC3)n2)NC1. The van der Waals surface area contributed by atoms with Gasteiger partial charge >= 0.3 is 0 Å². The van der Waals surface area contributed by atoms with Crippen molar-refractivity contribution in [1.29, 1.82) is 0 Å². The van der Waals surface area contributed by atoms with E-state index in [4.69, 9.17) is 4.52 Å². The first-order valence-electron chi connectivity index (χ1n) is 6.58. The molecule has 1 unspecified atom stereocenters. The summed E-state index contributed by atoms with van der Waals surface area (Å²) in [4.78, 5) is 4.61. The van der Waals surface area contributed by atoms with Crippen LogP contribution < -0.4 is 5.32 Å². The van der Waals surface area contributed by atoms with E-state index >= 15 is 0 Å². The summed E-state index contributed by atoms with van der Waals surface area (Å²) in [6.07, 6.45) is 6.04. The van der Waals surface area contributed by atoms with Crippen molar-refractivity contribution < 1.29 is 4.52 Å². The zero-order valence-electron chi connectivity index (χ0n) is 10.0. The number of nitrogens with one attached hydrogen (secondary N) is 1. The van der Waals surface area contributed by atoms with Crippen LogP contribution >= 0.6 is 11.8 Å². The summed E-state index contributed by atoms with van der Waals surface area (Å²) in [6.45, 7) is 1.08. The van der Waals surface area contributed by atoms with Crippen LogP contribution in [0, 0.1) is 0 Å². The molecule has 0 bridgehead atoms. The maximum atomic E-state index is 5.45. The van der Waals surface area contributed by atoms with Crippen LogP contribution in [0.3, 0.4) is 0 Å². The fraction of sp³-hybridized carbons (Fsp3) is 0.833. The minimum absolute atomic E-state index is 0.319. The summed E-state index contributed by atoms with van der Waals surface area (Å²) in [6, 6.07) is 0.319. The highest BCUT2D eigenvalue weighted by molar-refractivity contribution is 7.99. The highest BCUT2D eigenvalue weighted by Crippen LogP contribution is 2.31. The third-order valence-corrected chi connectivity index (χ3v) is 4.70. The molecule has 2 aliphatic rings. The Labute approximate surface area is 106 Å². The summed E-state index contributed by atoms with van der Waals surface area (Å²) >= 11 is 2.03. The van der Waals surface area contributed by atoms with E-state index in [1.54, 1.807) is 0 Å². The molecule has 1 atom stereocenters. The van der Waals surface area contributed by atoms with E-state index in [0.29, 0.717) is 12.0 Å². The molecule has 2 fully saturated rings. The van der Waals surface area contributed by atoms with Crippen molar-refractivity contribution in [2.45, 2.75) is 44.1 Å². The zero-order chi connectivity index (χ0) is 11.5. The minimum Gasteiger partial charge on any atom is -0.339 e. The first kappa shape index (κ1) is 11.5. The van der Waals surface area contributed by atoms with Gasteiger partial charge in [0, 0.05) is 5.92 Å². The van der Waals surface area contributed by atoms with Crippen LogP contribution in [0.1, 0.15) is 55.8 Å². The Bertz CT molecular complexity index is 324. The number of thioether (sulfide) groups is 1. The van der Waals surface area contributed by atoms with Crippen molar-refractivity contribution in [2.24, 2.45) is 0 Å². The summed E-state index contributed by atoms with van der Waals surface area (Å²) < 4.78 is 5.45. The lowest BCUT2D eigenvalue weighted by Gasteiger charge is -2.20. The quantitative estimate of drug-likeness (QED) is 0.877. The molecule has 0 aliphatic carbocycles. The second-order valence-corrected chi connectivity index (χ2v) is 6.10. The van der Waals surface area contributed by atoms with E-state index in [0.717, 1.165) is 24.7 Å². The second kappa shape index (κ2) is 5.40. The molecule has 5 heteroatoms. The third kappa shape index (κ3) is 2.65. The highest BCUT2D eigenvalue weighted by atomic mass is 32.2. The number of hydrogen-bond acceptors (Lipinski definition) is 5. The predicted octanol–water partition coefficient (Wildman–Crippen LogP) is 2.49. The highest BCUT2D eigenvalue weighted by Gasteiger charge is 2.25. The molecule has 1 N–H and O–H groups in total. The van der Waals surface area contributed by atoms with Gasteiger partial charge in [0.05, 0.1) is 6.04 Å². The molecule has 17 heavy (non-hydrogen) atoms. The summed E-state index contributed by atoms with van der Waals surface area (Å²) in [5.41, 5.74) is 0. The average molecular weight is 253 g/mol. The number of nitrogens with zero attached hydrogens (tertiary/aromatic N) is 2. The van der Waals surface area contributed by atoms with Gasteiger partial charge in [-0.25, -0.2) is 0 Å². The summed E-state index contributed by atoms with van der Waals surface area (Å²) in [5.74, 6) is 4.69. The minimum atomic E-state index is 0.319. The van der Waals surface area contributed by atoms with Crippen molar-refractivity contribution in [3.05, 3.63) is 11.7 Å². The first-order valence-corrected chi connectivity index (χ1v) is 7.73. The van der Waals surface area contributed by atoms with Gasteiger partial charge in [-0.1, -0.05) is 11.6 Å². The number of hydrogen-bond donors (Lipinski definition) is 1. The van der Waals surface area contributed by atoms with Crippen LogP contribution in [-0.2, 0) is 0 Å². The lowest BCUT2D eigenvalue weighted by atomic mass is 10.0. The monoisotopic (exact) mass is 253 g/mol. The Balaban J connectivity index is 1.68. The maximum absolute atomic E-state index is 5.45. The average Bonchev–Trinajstić information content (AvgIpc) is 2.90. The topological polar surface area (TPSA) is 51.0 Å². The Morgan fingerprint density at radius 2 is 2.06 bits per heavy atom. The molecule has 2 saturated heterocycles. The molecular formula is C12H19N3OS. The van der Waals surface area contributed by atoms with E-state index < -0.39 is 0 Å². The molecule has 94 valence electrons. The van der Waals surface area contributed by atoms with Gasteiger partial charge in [0.15, 0.2) is 5.82 Å². The van der Waals surface area contributed by atoms with Gasteiger partial charge in [-0.15, -0.1) is 0 Å². The molecule has 2 aliphatic heterocycles. The van der Waals surface area contributed by atoms with E-state index in [2.05, 4.69) is 15.5 Å². The van der Waals surface area contributed by atoms with E-state index in [1.165, 1.54) is 37.2 Å². The van der Waals surface area contributed by atoms with Crippen LogP contribution in [0.5, 0.6) is 0 Å². The van der Waals surface area contributed by atoms with Gasteiger partial charge in [-0.3, -0.25) is 0 Å². The Morgan fingerprint density at radius 3 is 2.82 bits per heavy atom. The molecular weight excluding hydrogens is 234 g/mol. The van der Waals surface area contributed by atoms with E-state index in [9.17, 15) is 0 Å². The standard InChI is InChI=1S/C12H19N3OS/c1-2-6-13-10(3-1)11-14-12(16-15-11)9-4-7-17-8-5-9/h9-10,13H,1-8H2. The number of aromatic nitrogens is 2. The largest absolute Gasteiger partial charge is 0.339 e.